The molecular weight excluding hydrogens is 434 g/mol. The lowest BCUT2D eigenvalue weighted by Gasteiger charge is -2.14. The first-order chi connectivity index (χ1) is 13.7. The van der Waals surface area contributed by atoms with E-state index in [1.807, 2.05) is 0 Å². The molecule has 152 valence electrons. The fourth-order valence-corrected chi connectivity index (χ4v) is 3.85. The van der Waals surface area contributed by atoms with Gasteiger partial charge in [-0.3, -0.25) is 14.8 Å². The first-order valence-electron chi connectivity index (χ1n) is 8.47. The van der Waals surface area contributed by atoms with Gasteiger partial charge in [0.1, 0.15) is 5.75 Å². The number of halogens is 1. The number of nitrogens with one attached hydrogen (secondary N) is 2. The molecule has 0 saturated heterocycles. The Morgan fingerprint density at radius 3 is 2.52 bits per heavy atom. The van der Waals surface area contributed by atoms with Crippen LogP contribution in [0.1, 0.15) is 6.92 Å². The van der Waals surface area contributed by atoms with Crippen LogP contribution in [0.3, 0.4) is 0 Å². The molecule has 0 saturated carbocycles. The Labute approximate surface area is 177 Å². The van der Waals surface area contributed by atoms with Crippen LogP contribution in [-0.4, -0.2) is 31.7 Å². The predicted molar refractivity (Wildman–Crippen MR) is 116 cm³/mol. The van der Waals surface area contributed by atoms with E-state index in [0.717, 1.165) is 11.8 Å². The second-order valence-electron chi connectivity index (χ2n) is 6.17. The lowest BCUT2D eigenvalue weighted by molar-refractivity contribution is -0.122. The minimum Gasteiger partial charge on any atom is -0.479 e. The molecule has 1 unspecified atom stereocenters. The third kappa shape index (κ3) is 5.93. The number of benzene rings is 2. The molecule has 7 nitrogen and oxygen atoms in total. The lowest BCUT2D eigenvalue weighted by Crippen LogP contribution is -2.30. The Bertz CT molecular complexity index is 1110. The highest BCUT2D eigenvalue weighted by Crippen LogP contribution is 2.27. The van der Waals surface area contributed by atoms with Gasteiger partial charge in [-0.05, 0) is 31.2 Å². The number of hydrogen-bond acceptors (Lipinski definition) is 6. The fourth-order valence-electron chi connectivity index (χ4n) is 2.38. The summed E-state index contributed by atoms with van der Waals surface area (Å²) in [5, 5.41) is 5.38. The molecule has 3 aromatic rings. The summed E-state index contributed by atoms with van der Waals surface area (Å²) in [5.41, 5.74) is 1.92. The predicted octanol–water partition coefficient (Wildman–Crippen LogP) is 4.24. The zero-order valence-corrected chi connectivity index (χ0v) is 17.9. The maximum absolute atomic E-state index is 12.4. The molecule has 0 aliphatic heterocycles. The smallest absolute Gasteiger partial charge is 0.266 e. The third-order valence-electron chi connectivity index (χ3n) is 3.73. The molecule has 0 aliphatic carbocycles. The molecule has 0 bridgehead atoms. The highest BCUT2D eigenvalue weighted by atomic mass is 35.5. The van der Waals surface area contributed by atoms with Crippen LogP contribution >= 0.6 is 22.9 Å². The van der Waals surface area contributed by atoms with Crippen molar-refractivity contribution < 1.29 is 17.9 Å². The highest BCUT2D eigenvalue weighted by Gasteiger charge is 2.18. The molecule has 1 amide bonds. The number of para-hydroxylation sites is 1. The van der Waals surface area contributed by atoms with Crippen LogP contribution in [0.15, 0.2) is 53.9 Å². The largest absolute Gasteiger partial charge is 0.479 e. The first-order valence-corrected chi connectivity index (χ1v) is 11.6. The van der Waals surface area contributed by atoms with E-state index in [9.17, 15) is 13.2 Å². The van der Waals surface area contributed by atoms with Crippen molar-refractivity contribution in [1.82, 2.24) is 4.98 Å². The van der Waals surface area contributed by atoms with E-state index in [1.165, 1.54) is 11.3 Å². The number of amides is 1. The number of hydrogen-bond donors (Lipinski definition) is 2. The van der Waals surface area contributed by atoms with Gasteiger partial charge >= 0.3 is 0 Å². The van der Waals surface area contributed by atoms with Crippen LogP contribution in [0.5, 0.6) is 5.75 Å². The van der Waals surface area contributed by atoms with Crippen LogP contribution < -0.4 is 14.8 Å². The van der Waals surface area contributed by atoms with E-state index in [0.29, 0.717) is 27.3 Å². The minimum absolute atomic E-state index is 0.349. The summed E-state index contributed by atoms with van der Waals surface area (Å²) < 4.78 is 30.5. The van der Waals surface area contributed by atoms with E-state index in [4.69, 9.17) is 16.3 Å². The normalized spacial score (nSPS) is 12.2. The zero-order chi connectivity index (χ0) is 21.0. The zero-order valence-electron chi connectivity index (χ0n) is 15.5. The second-order valence-corrected chi connectivity index (χ2v) is 9.18. The summed E-state index contributed by atoms with van der Waals surface area (Å²) in [6, 6.07) is 13.7. The molecular formula is C19H18ClN3O4S2. The topological polar surface area (TPSA) is 97.4 Å². The summed E-state index contributed by atoms with van der Waals surface area (Å²) in [5.74, 6) is 0.0814. The van der Waals surface area contributed by atoms with Crippen molar-refractivity contribution in [1.29, 1.82) is 0 Å². The maximum Gasteiger partial charge on any atom is 0.266 e. The molecule has 0 spiro atoms. The van der Waals surface area contributed by atoms with Crippen LogP contribution in [0.4, 0.5) is 10.8 Å². The Morgan fingerprint density at radius 1 is 1.17 bits per heavy atom. The van der Waals surface area contributed by atoms with Gasteiger partial charge in [0.15, 0.2) is 11.2 Å². The minimum atomic E-state index is -3.33. The third-order valence-corrected chi connectivity index (χ3v) is 5.40. The van der Waals surface area contributed by atoms with Gasteiger partial charge in [-0.2, -0.15) is 0 Å². The molecule has 1 heterocycles. The molecule has 29 heavy (non-hydrogen) atoms. The van der Waals surface area contributed by atoms with Gasteiger partial charge in [-0.15, -0.1) is 11.3 Å². The van der Waals surface area contributed by atoms with Crippen molar-refractivity contribution in [3.05, 3.63) is 58.9 Å². The Balaban J connectivity index is 1.64. The van der Waals surface area contributed by atoms with Gasteiger partial charge in [0, 0.05) is 16.6 Å². The number of rotatable bonds is 7. The summed E-state index contributed by atoms with van der Waals surface area (Å²) >= 11 is 7.32. The standard InChI is InChI=1S/C19H18ClN3O4S2/c1-12(27-17-6-4-3-5-15(17)20)18(24)22-19-21-16(11-28-19)13-7-9-14(10-8-13)23-29(2,25)26/h3-12,23H,1-2H3,(H,21,22,24). The first kappa shape index (κ1) is 21.1. The van der Waals surface area contributed by atoms with Crippen molar-refractivity contribution in [2.24, 2.45) is 0 Å². The number of sulfonamides is 1. The summed E-state index contributed by atoms with van der Waals surface area (Å²) in [6.07, 6.45) is 0.329. The Morgan fingerprint density at radius 2 is 1.86 bits per heavy atom. The number of carbonyl (C=O) groups is 1. The molecule has 2 N–H and O–H groups in total. The number of thiazole rings is 1. The SMILES string of the molecule is CC(Oc1ccccc1Cl)C(=O)Nc1nc(-c2ccc(NS(C)(=O)=O)cc2)cs1. The van der Waals surface area contributed by atoms with Crippen LogP contribution in [0.25, 0.3) is 11.3 Å². The fraction of sp³-hybridized carbons (Fsp3) is 0.158. The molecule has 0 aliphatic rings. The van der Waals surface area contributed by atoms with Crippen molar-refractivity contribution in [2.45, 2.75) is 13.0 Å². The van der Waals surface area contributed by atoms with E-state index in [-0.39, 0.29) is 5.91 Å². The number of anilines is 2. The van der Waals surface area contributed by atoms with Crippen molar-refractivity contribution in [2.75, 3.05) is 16.3 Å². The Hall–Kier alpha value is -2.62. The van der Waals surface area contributed by atoms with Gasteiger partial charge in [0.2, 0.25) is 10.0 Å². The highest BCUT2D eigenvalue weighted by molar-refractivity contribution is 7.92. The number of ether oxygens (including phenoxy) is 1. The molecule has 2 aromatic carbocycles. The van der Waals surface area contributed by atoms with Crippen LogP contribution in [0.2, 0.25) is 5.02 Å². The van der Waals surface area contributed by atoms with E-state index < -0.39 is 16.1 Å². The van der Waals surface area contributed by atoms with E-state index >= 15 is 0 Å². The molecule has 10 heteroatoms. The lowest BCUT2D eigenvalue weighted by atomic mass is 10.1. The van der Waals surface area contributed by atoms with Crippen LogP contribution in [-0.2, 0) is 14.8 Å². The number of aromatic nitrogens is 1. The van der Waals surface area contributed by atoms with Gasteiger partial charge in [-0.1, -0.05) is 35.9 Å². The maximum atomic E-state index is 12.4. The average Bonchev–Trinajstić information content (AvgIpc) is 3.11. The number of nitrogens with zero attached hydrogens (tertiary/aromatic N) is 1. The summed E-state index contributed by atoms with van der Waals surface area (Å²) in [4.78, 5) is 16.8. The molecule has 0 radical (unpaired) electrons. The molecule has 1 aromatic heterocycles. The van der Waals surface area contributed by atoms with Gasteiger partial charge < -0.3 is 4.74 Å². The van der Waals surface area contributed by atoms with Crippen molar-refractivity contribution in [3.8, 4) is 17.0 Å². The average molecular weight is 452 g/mol. The van der Waals surface area contributed by atoms with Crippen molar-refractivity contribution >= 4 is 49.7 Å². The number of carbonyl (C=O) groups excluding carboxylic acids is 1. The molecule has 1 atom stereocenters. The van der Waals surface area contributed by atoms with Crippen LogP contribution in [0, 0.1) is 0 Å². The summed E-state index contributed by atoms with van der Waals surface area (Å²) in [6.45, 7) is 1.63. The monoisotopic (exact) mass is 451 g/mol. The molecule has 0 fully saturated rings. The van der Waals surface area contributed by atoms with E-state index in [2.05, 4.69) is 15.0 Å². The van der Waals surface area contributed by atoms with Gasteiger partial charge in [0.05, 0.1) is 17.0 Å². The Kier molecular flexibility index (Phi) is 6.41. The van der Waals surface area contributed by atoms with Gasteiger partial charge in [0.25, 0.3) is 5.91 Å². The quantitative estimate of drug-likeness (QED) is 0.559. The van der Waals surface area contributed by atoms with Crippen molar-refractivity contribution in [3.63, 3.8) is 0 Å². The van der Waals surface area contributed by atoms with E-state index in [1.54, 1.807) is 60.8 Å². The summed E-state index contributed by atoms with van der Waals surface area (Å²) in [7, 11) is -3.33. The van der Waals surface area contributed by atoms with Gasteiger partial charge in [-0.25, -0.2) is 13.4 Å². The molecule has 3 rings (SSSR count). The second kappa shape index (κ2) is 8.81.